The van der Waals surface area contributed by atoms with Gasteiger partial charge in [0.1, 0.15) is 0 Å². The van der Waals surface area contributed by atoms with Gasteiger partial charge in [0.15, 0.2) is 44.1 Å². The Bertz CT molecular complexity index is 3150. The molecule has 19 heteroatoms. The fraction of sp³-hybridized carbons (Fsp3) is 0.0164. The van der Waals surface area contributed by atoms with Crippen molar-refractivity contribution in [3.8, 4) is 0 Å². The van der Waals surface area contributed by atoms with E-state index in [9.17, 15) is 50.4 Å². The summed E-state index contributed by atoms with van der Waals surface area (Å²) in [5, 5.41) is 0. The molecule has 0 saturated carbocycles. The van der Waals surface area contributed by atoms with Gasteiger partial charge in [-0.15, -0.1) is 0 Å². The van der Waals surface area contributed by atoms with Gasteiger partial charge < -0.3 is 0 Å². The molecule has 0 radical (unpaired) electrons. The summed E-state index contributed by atoms with van der Waals surface area (Å²) >= 11 is 3.62. The normalized spacial score (nSPS) is 13.0. The molecule has 0 saturated heterocycles. The minimum Gasteiger partial charge on any atom is -0.0901 e. The van der Waals surface area contributed by atoms with Crippen LogP contribution in [0.1, 0.15) is 7.43 Å². The minimum absolute atomic E-state index is 0. The molecule has 0 amide bonds. The summed E-state index contributed by atoms with van der Waals surface area (Å²) in [4.78, 5) is 17.1. The molecule has 10 aromatic carbocycles. The molecule has 10 aromatic rings. The zero-order chi connectivity index (χ0) is 56.7. The van der Waals surface area contributed by atoms with Gasteiger partial charge >= 0.3 is 66.0 Å². The number of rotatable bonds is 13. The predicted molar refractivity (Wildman–Crippen MR) is 313 cm³/mol. The summed E-state index contributed by atoms with van der Waals surface area (Å²) in [6, 6.07) is 103. The average Bonchev–Trinajstić information content (AvgIpc) is 3.48. The first-order valence-electron chi connectivity index (χ1n) is 23.5. The molecule has 0 N–H and O–H groups in total. The third-order valence-electron chi connectivity index (χ3n) is 10.3. The topological polar surface area (TPSA) is 0 Å². The molecule has 0 aliphatic rings. The van der Waals surface area contributed by atoms with E-state index in [0.29, 0.717) is 0 Å². The van der Waals surface area contributed by atoms with E-state index >= 15 is 0 Å². The van der Waals surface area contributed by atoms with Gasteiger partial charge in [-0.3, -0.25) is 0 Å². The van der Waals surface area contributed by atoms with Crippen LogP contribution in [0, 0.1) is 0 Å². The van der Waals surface area contributed by atoms with Gasteiger partial charge in [-0.25, -0.2) is 0 Å². The van der Waals surface area contributed by atoms with Crippen LogP contribution < -0.4 is 0 Å². The van der Waals surface area contributed by atoms with Gasteiger partial charge in [0.05, 0.1) is 32.7 Å². The Hall–Kier alpha value is -6.03. The molecule has 0 aliphatic heterocycles. The van der Waals surface area contributed by atoms with E-state index in [-0.39, 0.29) is 40.1 Å². The number of halogens is 12. The van der Waals surface area contributed by atoms with E-state index in [1.54, 1.807) is 11.8 Å². The van der Waals surface area contributed by atoms with Crippen molar-refractivity contribution in [1.82, 2.24) is 0 Å². The second kappa shape index (κ2) is 25.8. The SMILES string of the molecule is C.F[P-](F)(F)(F)(F)F.F[P-](F)(F)(F)(F)F.c1ccc(Sc2ccc([S+](c3ccccc3)c3ccccc3)cc2)cc1.c1ccc([S+](c2ccccc2)c2ccc(Sc3ccc([S+](c4ccccc4)c4ccccc4)cc3)cc2)cc1. The van der Waals surface area contributed by atoms with Gasteiger partial charge in [-0.2, -0.15) is 0 Å². The maximum atomic E-state index is 9.87. The molecule has 0 heterocycles. The summed E-state index contributed by atoms with van der Waals surface area (Å²) in [7, 11) is -21.6. The van der Waals surface area contributed by atoms with Gasteiger partial charge in [0, 0.05) is 19.6 Å². The predicted octanol–water partition coefficient (Wildman–Crippen LogP) is 24.4. The summed E-state index contributed by atoms with van der Waals surface area (Å²) in [6.07, 6.45) is 0. The summed E-state index contributed by atoms with van der Waals surface area (Å²) < 4.78 is 118. The molecule has 80 heavy (non-hydrogen) atoms. The quantitative estimate of drug-likeness (QED) is 0.0641. The van der Waals surface area contributed by atoms with Crippen molar-refractivity contribution in [3.05, 3.63) is 285 Å². The minimum atomic E-state index is -10.7. The van der Waals surface area contributed by atoms with Crippen molar-refractivity contribution in [3.63, 3.8) is 0 Å². The molecule has 0 spiro atoms. The zero-order valence-corrected chi connectivity index (χ0v) is 47.0. The van der Waals surface area contributed by atoms with Gasteiger partial charge in [-0.05, 0) is 158 Å². The Labute approximate surface area is 475 Å². The second-order valence-corrected chi connectivity index (χ2v) is 28.9. The third-order valence-corrected chi connectivity index (χ3v) is 19.0. The Kier molecular flexibility index (Phi) is 20.4. The molecule has 0 bridgehead atoms. The van der Waals surface area contributed by atoms with Crippen LogP contribution in [-0.4, -0.2) is 0 Å². The fourth-order valence-corrected chi connectivity index (χ4v) is 15.2. The molecule has 418 valence electrons. The molecule has 0 aliphatic carbocycles. The van der Waals surface area contributed by atoms with Crippen LogP contribution in [0.2, 0.25) is 0 Å². The Morgan fingerprint density at radius 2 is 0.312 bits per heavy atom. The monoisotopic (exact) mass is 1230 g/mol. The Balaban J connectivity index is 0.000000215. The molecular formula is C61H51F12P2S5+. The van der Waals surface area contributed by atoms with Crippen molar-refractivity contribution >= 4 is 71.8 Å². The Morgan fingerprint density at radius 3 is 0.475 bits per heavy atom. The van der Waals surface area contributed by atoms with Gasteiger partial charge in [0.2, 0.25) is 0 Å². The number of hydrogen-bond acceptors (Lipinski definition) is 2. The summed E-state index contributed by atoms with van der Waals surface area (Å²) in [5.41, 5.74) is 0. The van der Waals surface area contributed by atoms with Crippen LogP contribution in [0.25, 0.3) is 0 Å². The average molecular weight is 1230 g/mol. The smallest absolute Gasteiger partial charge is 0.0901 e. The number of hydrogen-bond donors (Lipinski definition) is 0. The number of benzene rings is 10. The molecule has 0 fully saturated rings. The van der Waals surface area contributed by atoms with E-state index in [1.807, 2.05) is 11.8 Å². The first kappa shape index (κ1) is 63.2. The van der Waals surface area contributed by atoms with Crippen molar-refractivity contribution < 1.29 is 50.4 Å². The molecule has 0 nitrogen and oxygen atoms in total. The van der Waals surface area contributed by atoms with E-state index in [0.717, 1.165) is 0 Å². The summed E-state index contributed by atoms with van der Waals surface area (Å²) in [6.45, 7) is 0. The molecular weight excluding hydrogens is 1180 g/mol. The van der Waals surface area contributed by atoms with Crippen LogP contribution >= 0.6 is 39.1 Å². The van der Waals surface area contributed by atoms with Crippen LogP contribution in [0.15, 0.2) is 349 Å². The zero-order valence-electron chi connectivity index (χ0n) is 41.1. The van der Waals surface area contributed by atoms with E-state index in [2.05, 4.69) is 285 Å². The van der Waals surface area contributed by atoms with Gasteiger partial charge in [0.25, 0.3) is 0 Å². The van der Waals surface area contributed by atoms with Crippen LogP contribution in [0.3, 0.4) is 0 Å². The van der Waals surface area contributed by atoms with Crippen molar-refractivity contribution in [2.24, 2.45) is 0 Å². The Morgan fingerprint density at radius 1 is 0.188 bits per heavy atom. The van der Waals surface area contributed by atoms with Crippen molar-refractivity contribution in [2.75, 3.05) is 0 Å². The van der Waals surface area contributed by atoms with E-state index in [4.69, 9.17) is 0 Å². The summed E-state index contributed by atoms with van der Waals surface area (Å²) in [5.74, 6) is 0. The van der Waals surface area contributed by atoms with Gasteiger partial charge in [-0.1, -0.05) is 158 Å². The largest absolute Gasteiger partial charge is 0.166 e. The molecule has 0 aromatic heterocycles. The van der Waals surface area contributed by atoms with Crippen molar-refractivity contribution in [2.45, 2.75) is 71.1 Å². The van der Waals surface area contributed by atoms with E-state index < -0.39 is 15.6 Å². The third kappa shape index (κ3) is 23.6. The van der Waals surface area contributed by atoms with Crippen LogP contribution in [0.5, 0.6) is 0 Å². The van der Waals surface area contributed by atoms with Crippen LogP contribution in [-0.2, 0) is 32.7 Å². The molecule has 0 atom stereocenters. The maximum Gasteiger partial charge on any atom is 0.166 e. The first-order chi connectivity index (χ1) is 37.1. The first-order valence-corrected chi connectivity index (χ1v) is 32.9. The molecule has 10 rings (SSSR count). The maximum absolute atomic E-state index is 10.7. The molecule has 0 unspecified atom stereocenters. The van der Waals surface area contributed by atoms with E-state index in [1.165, 1.54) is 63.6 Å². The standard InChI is InChI=1S/C36H28S3.C24H19S2.CH4.2F6P/c1-5-13-31(14-6-1)38(32-15-7-2-8-16-32)35-25-21-29(22-26-35)37-30-23-27-36(28-24-30)39(33-17-9-3-10-18-33)34-19-11-4-12-20-34;1-4-10-20(11-5-1)25-21-16-18-24(19-17-21)26(22-12-6-2-7-13-22)23-14-8-3-9-15-23;;2*1-7(2,3,4,5)6/h1-28H;1-19H;1H4;;/q+2;+1;;2*-1. The van der Waals surface area contributed by atoms with Crippen molar-refractivity contribution in [1.29, 1.82) is 0 Å². The fourth-order valence-electron chi connectivity index (χ4n) is 7.26. The second-order valence-electron chi connectivity index (χ2n) is 16.6. The van der Waals surface area contributed by atoms with Crippen LogP contribution in [0.4, 0.5) is 50.4 Å².